The maximum absolute atomic E-state index is 10.4. The monoisotopic (exact) mass is 248 g/mol. The van der Waals surface area contributed by atoms with E-state index in [1.807, 2.05) is 0 Å². The molecule has 100 valence electrons. The molecule has 0 aromatic heterocycles. The predicted molar refractivity (Wildman–Crippen MR) is 74.9 cm³/mol. The van der Waals surface area contributed by atoms with E-state index in [0.717, 1.165) is 38.3 Å². The van der Waals surface area contributed by atoms with Gasteiger partial charge in [0, 0.05) is 32.7 Å². The van der Waals surface area contributed by atoms with Crippen molar-refractivity contribution >= 4 is 0 Å². The van der Waals surface area contributed by atoms with Gasteiger partial charge in [-0.25, -0.2) is 0 Å². The second-order valence-corrected chi connectivity index (χ2v) is 5.36. The van der Waals surface area contributed by atoms with Crippen molar-refractivity contribution in [1.29, 1.82) is 0 Å². The fourth-order valence-corrected chi connectivity index (χ4v) is 2.58. The van der Waals surface area contributed by atoms with Crippen LogP contribution in [-0.4, -0.2) is 42.7 Å². The van der Waals surface area contributed by atoms with Gasteiger partial charge in [0.05, 0.1) is 6.10 Å². The zero-order chi connectivity index (χ0) is 13.1. The highest BCUT2D eigenvalue weighted by Crippen LogP contribution is 2.22. The summed E-state index contributed by atoms with van der Waals surface area (Å²) in [6.45, 7) is 11.2. The molecule has 3 nitrogen and oxygen atoms in total. The third kappa shape index (κ3) is 3.10. The first-order chi connectivity index (χ1) is 8.58. The average molecular weight is 248 g/mol. The zero-order valence-electron chi connectivity index (χ0n) is 11.7. The SMILES string of the molecule is Cc1cc(C)c(C(O)CN2CCNCC2)cc1C. The Morgan fingerprint density at radius 2 is 1.72 bits per heavy atom. The third-order valence-electron chi connectivity index (χ3n) is 3.88. The average Bonchev–Trinajstić information content (AvgIpc) is 2.35. The van der Waals surface area contributed by atoms with Crippen molar-refractivity contribution in [1.82, 2.24) is 10.2 Å². The van der Waals surface area contributed by atoms with Crippen molar-refractivity contribution in [2.24, 2.45) is 0 Å². The first-order valence-electron chi connectivity index (χ1n) is 6.77. The topological polar surface area (TPSA) is 35.5 Å². The van der Waals surface area contributed by atoms with Gasteiger partial charge in [-0.2, -0.15) is 0 Å². The van der Waals surface area contributed by atoms with Crippen LogP contribution in [0.1, 0.15) is 28.4 Å². The number of aliphatic hydroxyl groups excluding tert-OH is 1. The maximum Gasteiger partial charge on any atom is 0.0919 e. The molecule has 1 heterocycles. The van der Waals surface area contributed by atoms with E-state index in [2.05, 4.69) is 43.1 Å². The lowest BCUT2D eigenvalue weighted by Gasteiger charge is -2.29. The summed E-state index contributed by atoms with van der Waals surface area (Å²) in [4.78, 5) is 2.33. The number of aryl methyl sites for hydroxylation is 3. The van der Waals surface area contributed by atoms with Gasteiger partial charge in [0.2, 0.25) is 0 Å². The Kier molecular flexibility index (Phi) is 4.38. The summed E-state index contributed by atoms with van der Waals surface area (Å²) in [5.41, 5.74) is 4.83. The third-order valence-corrected chi connectivity index (χ3v) is 3.88. The molecule has 0 spiro atoms. The van der Waals surface area contributed by atoms with Gasteiger partial charge >= 0.3 is 0 Å². The molecule has 0 saturated carbocycles. The Morgan fingerprint density at radius 3 is 2.39 bits per heavy atom. The van der Waals surface area contributed by atoms with Crippen LogP contribution in [0.4, 0.5) is 0 Å². The number of nitrogens with zero attached hydrogens (tertiary/aromatic N) is 1. The summed E-state index contributed by atoms with van der Waals surface area (Å²) in [5.74, 6) is 0. The van der Waals surface area contributed by atoms with Crippen LogP contribution < -0.4 is 5.32 Å². The molecule has 1 unspecified atom stereocenters. The molecule has 1 aromatic carbocycles. The second-order valence-electron chi connectivity index (χ2n) is 5.36. The van der Waals surface area contributed by atoms with Crippen molar-refractivity contribution in [2.75, 3.05) is 32.7 Å². The van der Waals surface area contributed by atoms with Crippen LogP contribution in [0.2, 0.25) is 0 Å². The van der Waals surface area contributed by atoms with Crippen LogP contribution in [0.25, 0.3) is 0 Å². The summed E-state index contributed by atoms with van der Waals surface area (Å²) in [5, 5.41) is 13.7. The Balaban J connectivity index is 2.08. The lowest BCUT2D eigenvalue weighted by Crippen LogP contribution is -2.45. The first kappa shape index (κ1) is 13.5. The molecule has 0 bridgehead atoms. The molecule has 0 aliphatic carbocycles. The fraction of sp³-hybridized carbons (Fsp3) is 0.600. The number of hydrogen-bond donors (Lipinski definition) is 2. The van der Waals surface area contributed by atoms with Gasteiger partial charge in [-0.3, -0.25) is 4.90 Å². The van der Waals surface area contributed by atoms with Crippen LogP contribution >= 0.6 is 0 Å². The van der Waals surface area contributed by atoms with E-state index in [1.54, 1.807) is 0 Å². The molecule has 1 aromatic rings. The maximum atomic E-state index is 10.4. The molecule has 3 heteroatoms. The molecule has 1 saturated heterocycles. The standard InChI is InChI=1S/C15H24N2O/c1-11-8-13(3)14(9-12(11)2)15(18)10-17-6-4-16-5-7-17/h8-9,15-16,18H,4-7,10H2,1-3H3. The van der Waals surface area contributed by atoms with Gasteiger partial charge in [-0.1, -0.05) is 12.1 Å². The molecule has 1 aliphatic rings. The zero-order valence-corrected chi connectivity index (χ0v) is 11.7. The highest BCUT2D eigenvalue weighted by atomic mass is 16.3. The van der Waals surface area contributed by atoms with E-state index in [4.69, 9.17) is 0 Å². The van der Waals surface area contributed by atoms with Crippen molar-refractivity contribution in [3.05, 3.63) is 34.4 Å². The number of β-amino-alcohol motifs (C(OH)–C–C–N with tert-alkyl or cyclic N) is 1. The van der Waals surface area contributed by atoms with Gasteiger partial charge in [-0.15, -0.1) is 0 Å². The molecular weight excluding hydrogens is 224 g/mol. The summed E-state index contributed by atoms with van der Waals surface area (Å²) in [6.07, 6.45) is -0.373. The molecular formula is C15H24N2O. The molecule has 2 N–H and O–H groups in total. The van der Waals surface area contributed by atoms with E-state index in [9.17, 15) is 5.11 Å². The molecule has 1 fully saturated rings. The second kappa shape index (κ2) is 5.83. The Morgan fingerprint density at radius 1 is 1.11 bits per heavy atom. The Labute approximate surface area is 110 Å². The molecule has 0 amide bonds. The Hall–Kier alpha value is -0.900. The molecule has 0 radical (unpaired) electrons. The van der Waals surface area contributed by atoms with Crippen LogP contribution in [0.5, 0.6) is 0 Å². The number of hydrogen-bond acceptors (Lipinski definition) is 3. The quantitative estimate of drug-likeness (QED) is 0.852. The number of nitrogens with one attached hydrogen (secondary N) is 1. The molecule has 2 rings (SSSR count). The normalized spacial score (nSPS) is 18.9. The van der Waals surface area contributed by atoms with Gasteiger partial charge in [-0.05, 0) is 43.0 Å². The van der Waals surface area contributed by atoms with Gasteiger partial charge in [0.1, 0.15) is 0 Å². The highest BCUT2D eigenvalue weighted by Gasteiger charge is 2.17. The van der Waals surface area contributed by atoms with Crippen LogP contribution in [0, 0.1) is 20.8 Å². The number of aliphatic hydroxyl groups is 1. The van der Waals surface area contributed by atoms with Gasteiger partial charge in [0.15, 0.2) is 0 Å². The summed E-state index contributed by atoms with van der Waals surface area (Å²) < 4.78 is 0. The van der Waals surface area contributed by atoms with Crippen molar-refractivity contribution in [2.45, 2.75) is 26.9 Å². The van der Waals surface area contributed by atoms with Gasteiger partial charge in [0.25, 0.3) is 0 Å². The predicted octanol–water partition coefficient (Wildman–Crippen LogP) is 1.55. The lowest BCUT2D eigenvalue weighted by atomic mass is 9.97. The van der Waals surface area contributed by atoms with Gasteiger partial charge < -0.3 is 10.4 Å². The molecule has 18 heavy (non-hydrogen) atoms. The fourth-order valence-electron chi connectivity index (χ4n) is 2.58. The molecule has 1 atom stereocenters. The minimum atomic E-state index is -0.373. The van der Waals surface area contributed by atoms with E-state index in [1.165, 1.54) is 16.7 Å². The first-order valence-corrected chi connectivity index (χ1v) is 6.77. The smallest absolute Gasteiger partial charge is 0.0919 e. The van der Waals surface area contributed by atoms with Crippen LogP contribution in [0.15, 0.2) is 12.1 Å². The number of rotatable bonds is 3. The lowest BCUT2D eigenvalue weighted by molar-refractivity contribution is 0.105. The minimum absolute atomic E-state index is 0.373. The van der Waals surface area contributed by atoms with Crippen LogP contribution in [0.3, 0.4) is 0 Å². The van der Waals surface area contributed by atoms with Crippen LogP contribution in [-0.2, 0) is 0 Å². The Bertz CT molecular complexity index is 411. The highest BCUT2D eigenvalue weighted by molar-refractivity contribution is 5.37. The number of piperazine rings is 1. The minimum Gasteiger partial charge on any atom is -0.387 e. The van der Waals surface area contributed by atoms with E-state index in [-0.39, 0.29) is 6.10 Å². The van der Waals surface area contributed by atoms with Crippen molar-refractivity contribution in [3.63, 3.8) is 0 Å². The summed E-state index contributed by atoms with van der Waals surface area (Å²) in [7, 11) is 0. The van der Waals surface area contributed by atoms with Crippen molar-refractivity contribution < 1.29 is 5.11 Å². The summed E-state index contributed by atoms with van der Waals surface area (Å²) in [6, 6.07) is 4.31. The van der Waals surface area contributed by atoms with Crippen molar-refractivity contribution in [3.8, 4) is 0 Å². The van der Waals surface area contributed by atoms with E-state index in [0.29, 0.717) is 0 Å². The van der Waals surface area contributed by atoms with E-state index >= 15 is 0 Å². The number of benzene rings is 1. The van der Waals surface area contributed by atoms with E-state index < -0.39 is 0 Å². The summed E-state index contributed by atoms with van der Waals surface area (Å²) >= 11 is 0. The molecule has 1 aliphatic heterocycles. The largest absolute Gasteiger partial charge is 0.387 e.